The first-order valence-corrected chi connectivity index (χ1v) is 4.74. The lowest BCUT2D eigenvalue weighted by Gasteiger charge is -2.13. The number of nitrogens with one attached hydrogen (secondary N) is 1. The molecule has 1 atom stereocenters. The average Bonchev–Trinajstić information content (AvgIpc) is 1.97. The first kappa shape index (κ1) is 11.9. The van der Waals surface area contributed by atoms with Crippen molar-refractivity contribution >= 4 is 0 Å². The Morgan fingerprint density at radius 2 is 2.00 bits per heavy atom. The molecule has 0 aliphatic heterocycles. The quantitative estimate of drug-likeness (QED) is 0.488. The number of nitrogens with two attached hydrogens (primary N) is 1. The van der Waals surface area contributed by atoms with Crippen molar-refractivity contribution in [1.29, 1.82) is 0 Å². The lowest BCUT2D eigenvalue weighted by atomic mass is 10.0. The van der Waals surface area contributed by atoms with E-state index in [0.29, 0.717) is 18.5 Å². The molecule has 0 spiro atoms. The molecule has 0 aromatic heterocycles. The summed E-state index contributed by atoms with van der Waals surface area (Å²) in [6.45, 7) is 6.16. The lowest BCUT2D eigenvalue weighted by Crippen LogP contribution is -2.29. The van der Waals surface area contributed by atoms with Gasteiger partial charge >= 0.3 is 0 Å². The molecule has 0 fully saturated rings. The molecule has 0 rings (SSSR count). The van der Waals surface area contributed by atoms with Crippen molar-refractivity contribution in [3.05, 3.63) is 0 Å². The van der Waals surface area contributed by atoms with Gasteiger partial charge in [-0.15, -0.1) is 0 Å². The maximum absolute atomic E-state index is 8.48. The summed E-state index contributed by atoms with van der Waals surface area (Å²) in [5.41, 5.74) is 5.85. The molecule has 12 heavy (non-hydrogen) atoms. The number of aliphatic hydroxyl groups is 1. The van der Waals surface area contributed by atoms with Crippen molar-refractivity contribution in [2.75, 3.05) is 19.7 Å². The molecule has 1 unspecified atom stereocenters. The summed E-state index contributed by atoms with van der Waals surface area (Å²) in [6.07, 6.45) is 2.08. The van der Waals surface area contributed by atoms with Crippen molar-refractivity contribution in [1.82, 2.24) is 5.32 Å². The zero-order valence-electron chi connectivity index (χ0n) is 8.21. The zero-order chi connectivity index (χ0) is 9.40. The van der Waals surface area contributed by atoms with Gasteiger partial charge in [0.2, 0.25) is 0 Å². The Labute approximate surface area is 75.3 Å². The van der Waals surface area contributed by atoms with Crippen molar-refractivity contribution in [3.8, 4) is 0 Å². The van der Waals surface area contributed by atoms with E-state index in [-0.39, 0.29) is 6.61 Å². The second-order valence-electron chi connectivity index (χ2n) is 3.65. The van der Waals surface area contributed by atoms with Gasteiger partial charge < -0.3 is 16.2 Å². The highest BCUT2D eigenvalue weighted by atomic mass is 16.3. The van der Waals surface area contributed by atoms with Gasteiger partial charge in [0, 0.05) is 12.6 Å². The molecular formula is C9H22N2O. The molecule has 0 aliphatic rings. The largest absolute Gasteiger partial charge is 0.395 e. The van der Waals surface area contributed by atoms with Crippen LogP contribution in [0.2, 0.25) is 0 Å². The molecule has 0 bridgehead atoms. The second kappa shape index (κ2) is 7.53. The van der Waals surface area contributed by atoms with Crippen LogP contribution in [0.1, 0.15) is 26.7 Å². The third-order valence-electron chi connectivity index (χ3n) is 1.75. The summed E-state index contributed by atoms with van der Waals surface area (Å²) in [5.74, 6) is 0.679. The predicted molar refractivity (Wildman–Crippen MR) is 52.0 cm³/mol. The minimum Gasteiger partial charge on any atom is -0.395 e. The molecule has 0 aromatic carbocycles. The van der Waals surface area contributed by atoms with Gasteiger partial charge in [0.1, 0.15) is 0 Å². The molecule has 74 valence electrons. The summed E-state index contributed by atoms with van der Waals surface area (Å²) in [4.78, 5) is 0. The number of aliphatic hydroxyl groups excluding tert-OH is 1. The highest BCUT2D eigenvalue weighted by Crippen LogP contribution is 2.04. The van der Waals surface area contributed by atoms with Crippen molar-refractivity contribution in [2.24, 2.45) is 11.7 Å². The molecule has 4 N–H and O–H groups in total. The fourth-order valence-corrected chi connectivity index (χ4v) is 1.21. The van der Waals surface area contributed by atoms with Crippen LogP contribution in [0.5, 0.6) is 0 Å². The third kappa shape index (κ3) is 7.98. The second-order valence-corrected chi connectivity index (χ2v) is 3.65. The fourth-order valence-electron chi connectivity index (χ4n) is 1.21. The zero-order valence-corrected chi connectivity index (χ0v) is 8.21. The lowest BCUT2D eigenvalue weighted by molar-refractivity contribution is 0.291. The molecule has 0 aliphatic carbocycles. The highest BCUT2D eigenvalue weighted by molar-refractivity contribution is 4.64. The summed E-state index contributed by atoms with van der Waals surface area (Å²) >= 11 is 0. The van der Waals surface area contributed by atoms with Gasteiger partial charge in [-0.2, -0.15) is 0 Å². The smallest absolute Gasteiger partial charge is 0.0555 e. The highest BCUT2D eigenvalue weighted by Gasteiger charge is 2.03. The topological polar surface area (TPSA) is 58.3 Å². The Morgan fingerprint density at radius 3 is 2.50 bits per heavy atom. The van der Waals surface area contributed by atoms with Crippen LogP contribution in [-0.4, -0.2) is 30.8 Å². The van der Waals surface area contributed by atoms with Gasteiger partial charge in [0.25, 0.3) is 0 Å². The van der Waals surface area contributed by atoms with Gasteiger partial charge in [-0.1, -0.05) is 13.8 Å². The fraction of sp³-hybridized carbons (Fsp3) is 1.00. The first-order chi connectivity index (χ1) is 5.66. The molecular weight excluding hydrogens is 152 g/mol. The predicted octanol–water partition coefficient (Wildman–Crippen LogP) is 0.332. The maximum atomic E-state index is 8.48. The van der Waals surface area contributed by atoms with Crippen LogP contribution in [0.15, 0.2) is 0 Å². The van der Waals surface area contributed by atoms with E-state index in [4.69, 9.17) is 10.8 Å². The van der Waals surface area contributed by atoms with Gasteiger partial charge in [-0.25, -0.2) is 0 Å². The summed E-state index contributed by atoms with van der Waals surface area (Å²) in [6, 6.07) is 0.302. The van der Waals surface area contributed by atoms with Gasteiger partial charge in [-0.05, 0) is 25.3 Å². The van der Waals surface area contributed by atoms with Crippen molar-refractivity contribution in [2.45, 2.75) is 32.7 Å². The first-order valence-electron chi connectivity index (χ1n) is 4.74. The third-order valence-corrected chi connectivity index (χ3v) is 1.75. The van der Waals surface area contributed by atoms with Gasteiger partial charge in [0.15, 0.2) is 0 Å². The summed E-state index contributed by atoms with van der Waals surface area (Å²) in [5, 5.41) is 11.6. The van der Waals surface area contributed by atoms with E-state index in [1.807, 2.05) is 0 Å². The van der Waals surface area contributed by atoms with E-state index in [1.165, 1.54) is 0 Å². The Hall–Kier alpha value is -0.120. The average molecular weight is 174 g/mol. The Kier molecular flexibility index (Phi) is 7.45. The molecule has 0 amide bonds. The molecule has 0 aromatic rings. The van der Waals surface area contributed by atoms with Crippen molar-refractivity contribution < 1.29 is 5.11 Å². The van der Waals surface area contributed by atoms with E-state index in [9.17, 15) is 0 Å². The summed E-state index contributed by atoms with van der Waals surface area (Å²) < 4.78 is 0. The molecule has 0 saturated carbocycles. The molecule has 0 saturated heterocycles. The van der Waals surface area contributed by atoms with Crippen LogP contribution in [0.3, 0.4) is 0 Å². The van der Waals surface area contributed by atoms with E-state index in [2.05, 4.69) is 19.2 Å². The van der Waals surface area contributed by atoms with E-state index in [1.54, 1.807) is 0 Å². The molecule has 3 nitrogen and oxygen atoms in total. The Balaban J connectivity index is 3.14. The number of hydrogen-bond acceptors (Lipinski definition) is 3. The van der Waals surface area contributed by atoms with E-state index >= 15 is 0 Å². The standard InChI is InChI=1S/C9H22N2O/c1-8(2)7-9(10)3-4-11-5-6-12/h8-9,11-12H,3-7,10H2,1-2H3. The number of hydrogen-bond donors (Lipinski definition) is 3. The molecule has 0 heterocycles. The van der Waals surface area contributed by atoms with E-state index in [0.717, 1.165) is 19.4 Å². The normalized spacial score (nSPS) is 13.8. The minimum atomic E-state index is 0.208. The van der Waals surface area contributed by atoms with Crippen LogP contribution in [0, 0.1) is 5.92 Å². The minimum absolute atomic E-state index is 0.208. The number of rotatable bonds is 7. The van der Waals surface area contributed by atoms with Crippen molar-refractivity contribution in [3.63, 3.8) is 0 Å². The van der Waals surface area contributed by atoms with Crippen LogP contribution in [0.4, 0.5) is 0 Å². The summed E-state index contributed by atoms with van der Waals surface area (Å²) in [7, 11) is 0. The van der Waals surface area contributed by atoms with Crippen LogP contribution >= 0.6 is 0 Å². The Bertz CT molecular complexity index is 96.5. The Morgan fingerprint density at radius 1 is 1.33 bits per heavy atom. The monoisotopic (exact) mass is 174 g/mol. The van der Waals surface area contributed by atoms with E-state index < -0.39 is 0 Å². The molecule has 0 radical (unpaired) electrons. The van der Waals surface area contributed by atoms with Crippen LogP contribution < -0.4 is 11.1 Å². The van der Waals surface area contributed by atoms with Crippen LogP contribution in [0.25, 0.3) is 0 Å². The SMILES string of the molecule is CC(C)CC(N)CCNCCO. The molecule has 3 heteroatoms. The van der Waals surface area contributed by atoms with Gasteiger partial charge in [-0.3, -0.25) is 0 Å². The maximum Gasteiger partial charge on any atom is 0.0555 e. The van der Waals surface area contributed by atoms with Crippen LogP contribution in [-0.2, 0) is 0 Å². The van der Waals surface area contributed by atoms with Gasteiger partial charge in [0.05, 0.1) is 6.61 Å².